The van der Waals surface area contributed by atoms with Crippen LogP contribution in [0, 0.1) is 27.7 Å². The van der Waals surface area contributed by atoms with Gasteiger partial charge in [0.2, 0.25) is 10.0 Å². The number of aromatic amines is 1. The van der Waals surface area contributed by atoms with Crippen LogP contribution in [0.3, 0.4) is 0 Å². The number of hydrogen-bond donors (Lipinski definition) is 2. The summed E-state index contributed by atoms with van der Waals surface area (Å²) in [6.07, 6.45) is 0.279. The minimum atomic E-state index is -3.74. The smallest absolute Gasteiger partial charge is 0.251 e. The Balaban J connectivity index is 1.82. The molecule has 8 heteroatoms. The molecule has 26 heavy (non-hydrogen) atoms. The van der Waals surface area contributed by atoms with Gasteiger partial charge in [0.25, 0.3) is 5.56 Å². The summed E-state index contributed by atoms with van der Waals surface area (Å²) in [6.45, 7) is 7.17. The third-order valence-corrected chi connectivity index (χ3v) is 6.00. The number of aryl methyl sites for hydroxylation is 4. The van der Waals surface area contributed by atoms with Crippen molar-refractivity contribution in [3.63, 3.8) is 0 Å². The van der Waals surface area contributed by atoms with Crippen LogP contribution < -0.4 is 10.3 Å². The van der Waals surface area contributed by atoms with Gasteiger partial charge in [-0.3, -0.25) is 4.79 Å². The average molecular weight is 375 g/mol. The van der Waals surface area contributed by atoms with Gasteiger partial charge in [0, 0.05) is 12.1 Å². The number of fused-ring (bicyclic) bond motifs is 1. The van der Waals surface area contributed by atoms with Crippen LogP contribution in [-0.4, -0.2) is 25.1 Å². The molecule has 0 bridgehead atoms. The molecule has 0 unspecified atom stereocenters. The van der Waals surface area contributed by atoms with Crippen molar-refractivity contribution in [2.24, 2.45) is 0 Å². The molecule has 0 aliphatic carbocycles. The Bertz CT molecular complexity index is 1120. The molecule has 0 radical (unpaired) electrons. The van der Waals surface area contributed by atoms with Gasteiger partial charge in [0.1, 0.15) is 10.6 Å². The Kier molecular flexibility index (Phi) is 4.72. The molecule has 0 saturated heterocycles. The summed E-state index contributed by atoms with van der Waals surface area (Å²) in [7, 11) is -3.74. The maximum Gasteiger partial charge on any atom is 0.251 e. The summed E-state index contributed by atoms with van der Waals surface area (Å²) in [6, 6.07) is 5.82. The molecule has 7 nitrogen and oxygen atoms in total. The molecule has 2 N–H and O–H groups in total. The van der Waals surface area contributed by atoms with Crippen LogP contribution in [0.4, 0.5) is 0 Å². The highest BCUT2D eigenvalue weighted by molar-refractivity contribution is 7.89. The van der Waals surface area contributed by atoms with E-state index in [0.717, 1.165) is 22.0 Å². The first kappa shape index (κ1) is 18.3. The molecule has 3 rings (SSSR count). The second kappa shape index (κ2) is 6.69. The molecule has 0 atom stereocenters. The predicted molar refractivity (Wildman–Crippen MR) is 98.9 cm³/mol. The van der Waals surface area contributed by atoms with Crippen molar-refractivity contribution in [1.29, 1.82) is 0 Å². The number of nitrogens with one attached hydrogen (secondary N) is 2. The molecule has 3 aromatic rings. The van der Waals surface area contributed by atoms with Crippen molar-refractivity contribution in [3.05, 3.63) is 56.7 Å². The standard InChI is InChI=1S/C18H21N3O4S/c1-10-7-11(2)16-15(8-10)9-14(18(22)20-16)5-6-19-26(23,24)17-12(3)21-25-13(17)4/h7-9,19H,5-6H2,1-4H3,(H,20,22). The summed E-state index contributed by atoms with van der Waals surface area (Å²) < 4.78 is 32.3. The molecule has 0 amide bonds. The zero-order valence-corrected chi connectivity index (χ0v) is 16.0. The molecule has 0 aliphatic heterocycles. The topological polar surface area (TPSA) is 105 Å². The predicted octanol–water partition coefficient (Wildman–Crippen LogP) is 2.27. The lowest BCUT2D eigenvalue weighted by Gasteiger charge is -2.08. The van der Waals surface area contributed by atoms with Gasteiger partial charge in [0.05, 0.1) is 5.52 Å². The van der Waals surface area contributed by atoms with E-state index in [9.17, 15) is 13.2 Å². The number of aromatic nitrogens is 2. The zero-order chi connectivity index (χ0) is 19.1. The van der Waals surface area contributed by atoms with E-state index in [2.05, 4.69) is 14.9 Å². The lowest BCUT2D eigenvalue weighted by atomic mass is 10.0. The summed E-state index contributed by atoms with van der Waals surface area (Å²) in [4.78, 5) is 15.2. The Morgan fingerprint density at radius 2 is 1.88 bits per heavy atom. The van der Waals surface area contributed by atoms with Crippen LogP contribution in [-0.2, 0) is 16.4 Å². The van der Waals surface area contributed by atoms with E-state index >= 15 is 0 Å². The lowest BCUT2D eigenvalue weighted by Crippen LogP contribution is -2.28. The highest BCUT2D eigenvalue weighted by Crippen LogP contribution is 2.19. The van der Waals surface area contributed by atoms with Gasteiger partial charge in [-0.25, -0.2) is 13.1 Å². The SMILES string of the molecule is Cc1cc(C)c2[nH]c(=O)c(CCNS(=O)(=O)c3c(C)noc3C)cc2c1. The summed E-state index contributed by atoms with van der Waals surface area (Å²) in [5.74, 6) is 0.240. The largest absolute Gasteiger partial charge is 0.360 e. The Morgan fingerprint density at radius 3 is 2.54 bits per heavy atom. The van der Waals surface area contributed by atoms with E-state index in [1.165, 1.54) is 0 Å². The third-order valence-electron chi connectivity index (χ3n) is 4.29. The quantitative estimate of drug-likeness (QED) is 0.712. The third kappa shape index (κ3) is 3.42. The van der Waals surface area contributed by atoms with Gasteiger partial charge < -0.3 is 9.51 Å². The average Bonchev–Trinajstić information content (AvgIpc) is 2.88. The van der Waals surface area contributed by atoms with Crippen molar-refractivity contribution < 1.29 is 12.9 Å². The van der Waals surface area contributed by atoms with E-state index in [4.69, 9.17) is 4.52 Å². The van der Waals surface area contributed by atoms with Gasteiger partial charge in [-0.05, 0) is 57.2 Å². The molecule has 0 aliphatic rings. The van der Waals surface area contributed by atoms with Crippen LogP contribution in [0.2, 0.25) is 0 Å². The minimum Gasteiger partial charge on any atom is -0.360 e. The number of sulfonamides is 1. The molecule has 0 spiro atoms. The summed E-state index contributed by atoms with van der Waals surface area (Å²) in [5.41, 5.74) is 3.55. The zero-order valence-electron chi connectivity index (χ0n) is 15.1. The van der Waals surface area contributed by atoms with E-state index in [0.29, 0.717) is 11.3 Å². The van der Waals surface area contributed by atoms with E-state index in [-0.39, 0.29) is 29.2 Å². The summed E-state index contributed by atoms with van der Waals surface area (Å²) >= 11 is 0. The molecule has 2 heterocycles. The van der Waals surface area contributed by atoms with Crippen LogP contribution in [0.1, 0.15) is 28.1 Å². The van der Waals surface area contributed by atoms with Gasteiger partial charge in [-0.1, -0.05) is 16.8 Å². The maximum atomic E-state index is 12.4. The van der Waals surface area contributed by atoms with Crippen LogP contribution >= 0.6 is 0 Å². The summed E-state index contributed by atoms with van der Waals surface area (Å²) in [5, 5.41) is 4.60. The number of benzene rings is 1. The molecule has 1 aromatic carbocycles. The van der Waals surface area contributed by atoms with E-state index < -0.39 is 10.0 Å². The fourth-order valence-corrected chi connectivity index (χ4v) is 4.53. The highest BCUT2D eigenvalue weighted by Gasteiger charge is 2.23. The molecule has 0 fully saturated rings. The number of H-pyrrole nitrogens is 1. The Labute approximate surface area is 151 Å². The van der Waals surface area contributed by atoms with Crippen LogP contribution in [0.25, 0.3) is 10.9 Å². The molecular weight excluding hydrogens is 354 g/mol. The number of nitrogens with zero attached hydrogens (tertiary/aromatic N) is 1. The van der Waals surface area contributed by atoms with Gasteiger partial charge in [0.15, 0.2) is 5.76 Å². The van der Waals surface area contributed by atoms with Crippen molar-refractivity contribution in [3.8, 4) is 0 Å². The van der Waals surface area contributed by atoms with Crippen molar-refractivity contribution in [1.82, 2.24) is 14.9 Å². The van der Waals surface area contributed by atoms with Gasteiger partial charge in [-0.15, -0.1) is 0 Å². The normalized spacial score (nSPS) is 12.0. The fraction of sp³-hybridized carbons (Fsp3) is 0.333. The monoisotopic (exact) mass is 375 g/mol. The van der Waals surface area contributed by atoms with Gasteiger partial charge >= 0.3 is 0 Å². The second-order valence-electron chi connectivity index (χ2n) is 6.47. The molecule has 138 valence electrons. The maximum absolute atomic E-state index is 12.4. The number of pyridine rings is 1. The Morgan fingerprint density at radius 1 is 1.15 bits per heavy atom. The molecular formula is C18H21N3O4S. The first-order valence-electron chi connectivity index (χ1n) is 8.25. The van der Waals surface area contributed by atoms with Crippen molar-refractivity contribution in [2.45, 2.75) is 39.0 Å². The lowest BCUT2D eigenvalue weighted by molar-refractivity contribution is 0.390. The van der Waals surface area contributed by atoms with Crippen molar-refractivity contribution >= 4 is 20.9 Å². The number of rotatable bonds is 5. The second-order valence-corrected chi connectivity index (χ2v) is 8.17. The van der Waals surface area contributed by atoms with E-state index in [1.54, 1.807) is 13.8 Å². The van der Waals surface area contributed by atoms with Crippen LogP contribution in [0.15, 0.2) is 32.4 Å². The van der Waals surface area contributed by atoms with Gasteiger partial charge in [-0.2, -0.15) is 0 Å². The Hall–Kier alpha value is -2.45. The van der Waals surface area contributed by atoms with Crippen molar-refractivity contribution in [2.75, 3.05) is 6.54 Å². The number of hydrogen-bond acceptors (Lipinski definition) is 5. The first-order valence-corrected chi connectivity index (χ1v) is 9.73. The van der Waals surface area contributed by atoms with E-state index in [1.807, 2.05) is 32.0 Å². The highest BCUT2D eigenvalue weighted by atomic mass is 32.2. The first-order chi connectivity index (χ1) is 12.2. The molecule has 0 saturated carbocycles. The van der Waals surface area contributed by atoms with Crippen LogP contribution in [0.5, 0.6) is 0 Å². The minimum absolute atomic E-state index is 0.0520. The molecule has 2 aromatic heterocycles. The fourth-order valence-electron chi connectivity index (χ4n) is 3.17.